The van der Waals surface area contributed by atoms with Crippen molar-refractivity contribution >= 4 is 5.97 Å². The number of rotatable bonds is 6. The van der Waals surface area contributed by atoms with Crippen LogP contribution in [0.1, 0.15) is 52.7 Å². The fourth-order valence-electron chi connectivity index (χ4n) is 2.14. The summed E-state index contributed by atoms with van der Waals surface area (Å²) in [7, 11) is 0. The van der Waals surface area contributed by atoms with E-state index in [1.165, 1.54) is 11.1 Å². The van der Waals surface area contributed by atoms with Crippen LogP contribution in [0, 0.1) is 0 Å². The highest BCUT2D eigenvalue weighted by Crippen LogP contribution is 2.22. The maximum atomic E-state index is 11.7. The molecule has 0 atom stereocenters. The SMILES string of the molecule is CCOC(=O)CN(Cc1ccc(C(C)(C)C)cc1)C(C)C. The van der Waals surface area contributed by atoms with Gasteiger partial charge in [0.1, 0.15) is 0 Å². The standard InChI is InChI=1S/C18H29NO2/c1-7-21-17(20)13-19(14(2)3)12-15-8-10-16(11-9-15)18(4,5)6/h8-11,14H,7,12-13H2,1-6H3. The molecule has 0 heterocycles. The summed E-state index contributed by atoms with van der Waals surface area (Å²) < 4.78 is 5.04. The summed E-state index contributed by atoms with van der Waals surface area (Å²) in [5, 5.41) is 0. The average Bonchev–Trinajstić information content (AvgIpc) is 2.37. The summed E-state index contributed by atoms with van der Waals surface area (Å²) in [5.41, 5.74) is 2.72. The van der Waals surface area contributed by atoms with Crippen LogP contribution < -0.4 is 0 Å². The Balaban J connectivity index is 2.73. The van der Waals surface area contributed by atoms with Crippen molar-refractivity contribution < 1.29 is 9.53 Å². The van der Waals surface area contributed by atoms with Gasteiger partial charge in [0.2, 0.25) is 0 Å². The Labute approximate surface area is 129 Å². The van der Waals surface area contributed by atoms with E-state index in [0.29, 0.717) is 19.2 Å². The lowest BCUT2D eigenvalue weighted by atomic mass is 9.87. The lowest BCUT2D eigenvalue weighted by Gasteiger charge is -2.26. The third-order valence-electron chi connectivity index (χ3n) is 3.57. The molecule has 118 valence electrons. The molecule has 1 rings (SSSR count). The van der Waals surface area contributed by atoms with Crippen LogP contribution in [0.15, 0.2) is 24.3 Å². The second kappa shape index (κ2) is 7.60. The van der Waals surface area contributed by atoms with Crippen LogP contribution in [0.4, 0.5) is 0 Å². The third kappa shape index (κ3) is 5.88. The topological polar surface area (TPSA) is 29.5 Å². The zero-order chi connectivity index (χ0) is 16.0. The molecular weight excluding hydrogens is 262 g/mol. The van der Waals surface area contributed by atoms with Crippen LogP contribution in [-0.4, -0.2) is 30.1 Å². The molecular formula is C18H29NO2. The Morgan fingerprint density at radius 3 is 2.19 bits per heavy atom. The first-order valence-electron chi connectivity index (χ1n) is 7.73. The van der Waals surface area contributed by atoms with Crippen molar-refractivity contribution in [2.45, 2.75) is 59.5 Å². The molecule has 0 bridgehead atoms. The van der Waals surface area contributed by atoms with Crippen molar-refractivity contribution in [3.63, 3.8) is 0 Å². The van der Waals surface area contributed by atoms with Crippen LogP contribution in [0.25, 0.3) is 0 Å². The van der Waals surface area contributed by atoms with Gasteiger partial charge in [-0.1, -0.05) is 45.0 Å². The zero-order valence-electron chi connectivity index (χ0n) is 14.3. The van der Waals surface area contributed by atoms with E-state index in [2.05, 4.69) is 63.8 Å². The molecule has 0 aromatic heterocycles. The third-order valence-corrected chi connectivity index (χ3v) is 3.57. The highest BCUT2D eigenvalue weighted by molar-refractivity contribution is 5.71. The van der Waals surface area contributed by atoms with Gasteiger partial charge in [0.15, 0.2) is 0 Å². The van der Waals surface area contributed by atoms with Crippen LogP contribution >= 0.6 is 0 Å². The number of nitrogens with zero attached hydrogens (tertiary/aromatic N) is 1. The molecule has 0 aliphatic carbocycles. The largest absolute Gasteiger partial charge is 0.465 e. The van der Waals surface area contributed by atoms with E-state index in [9.17, 15) is 4.79 Å². The number of benzene rings is 1. The summed E-state index contributed by atoms with van der Waals surface area (Å²) in [5.74, 6) is -0.155. The number of esters is 1. The summed E-state index contributed by atoms with van der Waals surface area (Å²) in [6.07, 6.45) is 0. The Kier molecular flexibility index (Phi) is 6.41. The maximum absolute atomic E-state index is 11.7. The molecule has 21 heavy (non-hydrogen) atoms. The zero-order valence-corrected chi connectivity index (χ0v) is 14.3. The highest BCUT2D eigenvalue weighted by atomic mass is 16.5. The average molecular weight is 291 g/mol. The van der Waals surface area contributed by atoms with E-state index in [-0.39, 0.29) is 11.4 Å². The fraction of sp³-hybridized carbons (Fsp3) is 0.611. The molecule has 3 heteroatoms. The molecule has 0 aliphatic heterocycles. The predicted molar refractivity (Wildman–Crippen MR) is 87.3 cm³/mol. The van der Waals surface area contributed by atoms with Gasteiger partial charge < -0.3 is 4.74 Å². The van der Waals surface area contributed by atoms with Crippen molar-refractivity contribution in [3.05, 3.63) is 35.4 Å². The number of ether oxygens (including phenoxy) is 1. The van der Waals surface area contributed by atoms with Gasteiger partial charge in [0.25, 0.3) is 0 Å². The van der Waals surface area contributed by atoms with E-state index in [1.54, 1.807) is 0 Å². The Morgan fingerprint density at radius 2 is 1.76 bits per heavy atom. The van der Waals surface area contributed by atoms with Gasteiger partial charge in [-0.25, -0.2) is 0 Å². The van der Waals surface area contributed by atoms with Gasteiger partial charge in [0.05, 0.1) is 13.2 Å². The number of carbonyl (C=O) groups excluding carboxylic acids is 1. The van der Waals surface area contributed by atoms with Crippen molar-refractivity contribution in [2.75, 3.05) is 13.2 Å². The number of carbonyl (C=O) groups is 1. The minimum Gasteiger partial charge on any atom is -0.465 e. The molecule has 0 fully saturated rings. The molecule has 0 radical (unpaired) electrons. The van der Waals surface area contributed by atoms with Gasteiger partial charge in [-0.05, 0) is 37.3 Å². The number of hydrogen-bond acceptors (Lipinski definition) is 3. The number of hydrogen-bond donors (Lipinski definition) is 0. The van der Waals surface area contributed by atoms with Gasteiger partial charge in [0, 0.05) is 12.6 Å². The fourth-order valence-corrected chi connectivity index (χ4v) is 2.14. The summed E-state index contributed by atoms with van der Waals surface area (Å²) in [6, 6.07) is 8.97. The highest BCUT2D eigenvalue weighted by Gasteiger charge is 2.16. The molecule has 1 aromatic rings. The van der Waals surface area contributed by atoms with E-state index in [1.807, 2.05) is 6.92 Å². The smallest absolute Gasteiger partial charge is 0.320 e. The normalized spacial score (nSPS) is 12.0. The van der Waals surface area contributed by atoms with Gasteiger partial charge in [-0.3, -0.25) is 9.69 Å². The van der Waals surface area contributed by atoms with Crippen molar-refractivity contribution in [1.82, 2.24) is 4.90 Å². The molecule has 0 saturated carbocycles. The lowest BCUT2D eigenvalue weighted by molar-refractivity contribution is -0.145. The predicted octanol–water partition coefficient (Wildman–Crippen LogP) is 3.76. The van der Waals surface area contributed by atoms with E-state index in [0.717, 1.165) is 6.54 Å². The van der Waals surface area contributed by atoms with Crippen molar-refractivity contribution in [2.24, 2.45) is 0 Å². The molecule has 0 unspecified atom stereocenters. The minimum absolute atomic E-state index is 0.155. The molecule has 0 aliphatic rings. The molecule has 0 spiro atoms. The monoisotopic (exact) mass is 291 g/mol. The van der Waals surface area contributed by atoms with E-state index < -0.39 is 0 Å². The second-order valence-electron chi connectivity index (χ2n) is 6.75. The van der Waals surface area contributed by atoms with Crippen LogP contribution in [-0.2, 0) is 21.5 Å². The van der Waals surface area contributed by atoms with Gasteiger partial charge in [-0.2, -0.15) is 0 Å². The molecule has 3 nitrogen and oxygen atoms in total. The Hall–Kier alpha value is -1.35. The summed E-state index contributed by atoms with van der Waals surface area (Å²) in [4.78, 5) is 13.8. The first-order valence-corrected chi connectivity index (χ1v) is 7.73. The van der Waals surface area contributed by atoms with Crippen LogP contribution in [0.3, 0.4) is 0 Å². The quantitative estimate of drug-likeness (QED) is 0.747. The van der Waals surface area contributed by atoms with Crippen LogP contribution in [0.2, 0.25) is 0 Å². The van der Waals surface area contributed by atoms with Gasteiger partial charge >= 0.3 is 5.97 Å². The van der Waals surface area contributed by atoms with Crippen molar-refractivity contribution in [3.8, 4) is 0 Å². The molecule has 0 amide bonds. The van der Waals surface area contributed by atoms with Crippen LogP contribution in [0.5, 0.6) is 0 Å². The minimum atomic E-state index is -0.155. The maximum Gasteiger partial charge on any atom is 0.320 e. The summed E-state index contributed by atoms with van der Waals surface area (Å²) in [6.45, 7) is 14.2. The molecule has 1 aromatic carbocycles. The summed E-state index contributed by atoms with van der Waals surface area (Å²) >= 11 is 0. The Bertz CT molecular complexity index is 443. The first-order chi connectivity index (χ1) is 9.74. The molecule has 0 saturated heterocycles. The van der Waals surface area contributed by atoms with Crippen molar-refractivity contribution in [1.29, 1.82) is 0 Å². The first kappa shape index (κ1) is 17.7. The van der Waals surface area contributed by atoms with E-state index in [4.69, 9.17) is 4.74 Å². The van der Waals surface area contributed by atoms with Gasteiger partial charge in [-0.15, -0.1) is 0 Å². The lowest BCUT2D eigenvalue weighted by Crippen LogP contribution is -2.36. The van der Waals surface area contributed by atoms with E-state index >= 15 is 0 Å². The molecule has 0 N–H and O–H groups in total. The second-order valence-corrected chi connectivity index (χ2v) is 6.75. The Morgan fingerprint density at radius 1 is 1.19 bits per heavy atom.